The second-order valence-electron chi connectivity index (χ2n) is 5.89. The monoisotopic (exact) mass is 318 g/mol. The van der Waals surface area contributed by atoms with Crippen molar-refractivity contribution in [2.75, 3.05) is 5.75 Å². The quantitative estimate of drug-likeness (QED) is 0.467. The highest BCUT2D eigenvalue weighted by molar-refractivity contribution is 9.09. The van der Waals surface area contributed by atoms with E-state index in [4.69, 9.17) is 0 Å². The molecule has 0 atom stereocenters. The predicted octanol–water partition coefficient (Wildman–Crippen LogP) is 5.79. The lowest BCUT2D eigenvalue weighted by Gasteiger charge is -2.25. The molecule has 0 nitrogen and oxygen atoms in total. The number of halogens is 1. The summed E-state index contributed by atoms with van der Waals surface area (Å²) in [6.07, 6.45) is 16.3. The maximum atomic E-state index is 3.75. The van der Waals surface area contributed by atoms with Crippen LogP contribution in [-0.2, 0) is 0 Å². The van der Waals surface area contributed by atoms with Gasteiger partial charge in [-0.1, -0.05) is 54.5 Å². The Kier molecular flexibility index (Phi) is 6.78. The average molecular weight is 319 g/mol. The maximum absolute atomic E-state index is 3.75. The number of rotatable bonds is 4. The van der Waals surface area contributed by atoms with Crippen LogP contribution in [0.5, 0.6) is 0 Å². The van der Waals surface area contributed by atoms with Crippen molar-refractivity contribution in [3.63, 3.8) is 0 Å². The summed E-state index contributed by atoms with van der Waals surface area (Å²) in [5, 5.41) is 0.981. The van der Waals surface area contributed by atoms with Crippen molar-refractivity contribution in [1.29, 1.82) is 0 Å². The van der Waals surface area contributed by atoms with Gasteiger partial charge in [0, 0.05) is 10.1 Å². The normalized spacial score (nSPS) is 32.3. The highest BCUT2D eigenvalue weighted by Gasteiger charge is 2.20. The van der Waals surface area contributed by atoms with Crippen LogP contribution in [0.4, 0.5) is 0 Å². The van der Waals surface area contributed by atoms with Gasteiger partial charge >= 0.3 is 0 Å². The van der Waals surface area contributed by atoms with Gasteiger partial charge in [0.2, 0.25) is 0 Å². The molecule has 0 saturated heterocycles. The first kappa shape index (κ1) is 14.2. The van der Waals surface area contributed by atoms with Crippen LogP contribution in [0.25, 0.3) is 0 Å². The van der Waals surface area contributed by atoms with Gasteiger partial charge in [0.05, 0.1) is 0 Å². The van der Waals surface area contributed by atoms with Crippen LogP contribution in [0.3, 0.4) is 0 Å². The predicted molar refractivity (Wildman–Crippen MR) is 83.2 cm³/mol. The van der Waals surface area contributed by atoms with Gasteiger partial charge in [-0.25, -0.2) is 0 Å². The van der Waals surface area contributed by atoms with E-state index >= 15 is 0 Å². The molecule has 2 aliphatic carbocycles. The Balaban J connectivity index is 1.55. The third-order valence-electron chi connectivity index (χ3n) is 4.46. The van der Waals surface area contributed by atoms with Crippen LogP contribution in [-0.4, -0.2) is 15.8 Å². The van der Waals surface area contributed by atoms with E-state index in [1.165, 1.54) is 76.4 Å². The Morgan fingerprint density at radius 2 is 1.47 bits per heavy atom. The minimum absolute atomic E-state index is 0.821. The molecule has 2 aliphatic rings. The Morgan fingerprint density at radius 3 is 2.12 bits per heavy atom. The Hall–Kier alpha value is 0.830. The van der Waals surface area contributed by atoms with E-state index in [-0.39, 0.29) is 0 Å². The molecule has 0 aromatic heterocycles. The average Bonchev–Trinajstić information content (AvgIpc) is 2.60. The number of thioether (sulfide) groups is 1. The number of hydrogen-bond donors (Lipinski definition) is 0. The highest BCUT2D eigenvalue weighted by atomic mass is 79.9. The first-order valence-corrected chi connectivity index (χ1v) is 9.56. The molecule has 0 spiro atoms. The molecular formula is C15H27BrS. The summed E-state index contributed by atoms with van der Waals surface area (Å²) in [4.78, 5) is 0.821. The molecule has 0 unspecified atom stereocenters. The van der Waals surface area contributed by atoms with Crippen LogP contribution in [0.2, 0.25) is 0 Å². The summed E-state index contributed by atoms with van der Waals surface area (Å²) < 4.78 is 0. The lowest BCUT2D eigenvalue weighted by molar-refractivity contribution is 0.449. The Labute approximate surface area is 120 Å². The summed E-state index contributed by atoms with van der Waals surface area (Å²) in [6, 6.07) is 0. The van der Waals surface area contributed by atoms with Crippen molar-refractivity contribution in [1.82, 2.24) is 0 Å². The van der Waals surface area contributed by atoms with Crippen LogP contribution in [0, 0.1) is 5.92 Å². The Bertz CT molecular complexity index is 191. The van der Waals surface area contributed by atoms with Gasteiger partial charge in [0.25, 0.3) is 0 Å². The highest BCUT2D eigenvalue weighted by Crippen LogP contribution is 2.33. The molecule has 2 fully saturated rings. The van der Waals surface area contributed by atoms with Gasteiger partial charge in [-0.3, -0.25) is 0 Å². The fourth-order valence-electron chi connectivity index (χ4n) is 3.24. The first-order valence-electron chi connectivity index (χ1n) is 7.60. The Morgan fingerprint density at radius 1 is 0.824 bits per heavy atom. The molecule has 0 aliphatic heterocycles. The summed E-state index contributed by atoms with van der Waals surface area (Å²) >= 11 is 6.02. The van der Waals surface area contributed by atoms with E-state index in [1.807, 2.05) is 0 Å². The molecule has 0 bridgehead atoms. The zero-order valence-corrected chi connectivity index (χ0v) is 13.4. The summed E-state index contributed by atoms with van der Waals surface area (Å²) in [6.45, 7) is 0. The lowest BCUT2D eigenvalue weighted by atomic mass is 9.98. The molecular weight excluding hydrogens is 292 g/mol. The van der Waals surface area contributed by atoms with Crippen LogP contribution < -0.4 is 0 Å². The molecule has 0 radical (unpaired) electrons. The van der Waals surface area contributed by atoms with Crippen LogP contribution in [0.15, 0.2) is 0 Å². The number of alkyl halides is 1. The lowest BCUT2D eigenvalue weighted by Crippen LogP contribution is -2.16. The number of hydrogen-bond acceptors (Lipinski definition) is 1. The minimum atomic E-state index is 0.821. The van der Waals surface area contributed by atoms with Gasteiger partial charge in [0.15, 0.2) is 0 Å². The van der Waals surface area contributed by atoms with E-state index in [9.17, 15) is 0 Å². The molecule has 2 saturated carbocycles. The fraction of sp³-hybridized carbons (Fsp3) is 1.00. The third-order valence-corrected chi connectivity index (χ3v) is 6.79. The summed E-state index contributed by atoms with van der Waals surface area (Å²) in [7, 11) is 0. The minimum Gasteiger partial charge on any atom is -0.159 e. The van der Waals surface area contributed by atoms with Gasteiger partial charge < -0.3 is 0 Å². The smallest absolute Gasteiger partial charge is 0.0146 e. The van der Waals surface area contributed by atoms with Crippen molar-refractivity contribution in [3.8, 4) is 0 Å². The largest absolute Gasteiger partial charge is 0.159 e. The van der Waals surface area contributed by atoms with E-state index in [0.717, 1.165) is 16.0 Å². The standard InChI is InChI=1S/C15H27BrS/c16-14-7-9-15(10-8-14)17-12-11-13-5-3-1-2-4-6-13/h13-15H,1-12H2. The van der Waals surface area contributed by atoms with Crippen molar-refractivity contribution in [2.24, 2.45) is 5.92 Å². The van der Waals surface area contributed by atoms with Gasteiger partial charge in [-0.15, -0.1) is 0 Å². The van der Waals surface area contributed by atoms with Gasteiger partial charge in [-0.05, 0) is 43.8 Å². The molecule has 0 N–H and O–H groups in total. The van der Waals surface area contributed by atoms with Crippen molar-refractivity contribution < 1.29 is 0 Å². The molecule has 0 aromatic rings. The van der Waals surface area contributed by atoms with E-state index in [0.29, 0.717) is 0 Å². The molecule has 0 amide bonds. The van der Waals surface area contributed by atoms with Crippen molar-refractivity contribution in [2.45, 2.75) is 80.7 Å². The summed E-state index contributed by atoms with van der Waals surface area (Å²) in [5.41, 5.74) is 0. The van der Waals surface area contributed by atoms with E-state index in [2.05, 4.69) is 27.7 Å². The summed E-state index contributed by atoms with van der Waals surface area (Å²) in [5.74, 6) is 2.50. The molecule has 2 rings (SSSR count). The molecule has 0 aromatic carbocycles. The fourth-order valence-corrected chi connectivity index (χ4v) is 5.18. The van der Waals surface area contributed by atoms with Gasteiger partial charge in [-0.2, -0.15) is 11.8 Å². The molecule has 2 heteroatoms. The zero-order chi connectivity index (χ0) is 11.9. The van der Waals surface area contributed by atoms with E-state index in [1.54, 1.807) is 0 Å². The first-order chi connectivity index (χ1) is 8.34. The van der Waals surface area contributed by atoms with E-state index < -0.39 is 0 Å². The SMILES string of the molecule is BrC1CCC(SCCC2CCCCCC2)CC1. The molecule has 100 valence electrons. The second kappa shape index (κ2) is 8.09. The van der Waals surface area contributed by atoms with Gasteiger partial charge in [0.1, 0.15) is 0 Å². The van der Waals surface area contributed by atoms with Crippen molar-refractivity contribution >= 4 is 27.7 Å². The second-order valence-corrected chi connectivity index (χ2v) is 8.59. The molecule has 0 heterocycles. The topological polar surface area (TPSA) is 0 Å². The third kappa shape index (κ3) is 5.55. The maximum Gasteiger partial charge on any atom is 0.0146 e. The molecule has 17 heavy (non-hydrogen) atoms. The van der Waals surface area contributed by atoms with Crippen molar-refractivity contribution in [3.05, 3.63) is 0 Å². The van der Waals surface area contributed by atoms with Crippen LogP contribution >= 0.6 is 27.7 Å². The zero-order valence-electron chi connectivity index (χ0n) is 11.0. The van der Waals surface area contributed by atoms with Crippen LogP contribution in [0.1, 0.15) is 70.6 Å².